The lowest BCUT2D eigenvalue weighted by Crippen LogP contribution is -2.43. The lowest BCUT2D eigenvalue weighted by Gasteiger charge is -2.27. The van der Waals surface area contributed by atoms with E-state index in [2.05, 4.69) is 68.6 Å². The van der Waals surface area contributed by atoms with Crippen LogP contribution in [0.15, 0.2) is 38.1 Å². The fourth-order valence-corrected chi connectivity index (χ4v) is 3.23. The van der Waals surface area contributed by atoms with Gasteiger partial charge in [-0.1, -0.05) is 48.0 Å². The van der Waals surface area contributed by atoms with E-state index in [4.69, 9.17) is 4.42 Å². The largest absolute Gasteiger partial charge is 0.444 e. The summed E-state index contributed by atoms with van der Waals surface area (Å²) in [5.41, 5.74) is 2.13. The molecule has 1 aromatic heterocycles. The Hall–Kier alpha value is -1.82. The van der Waals surface area contributed by atoms with E-state index < -0.39 is 0 Å². The Labute approximate surface area is 152 Å². The molecule has 2 rings (SSSR count). The van der Waals surface area contributed by atoms with Gasteiger partial charge < -0.3 is 15.1 Å². The van der Waals surface area contributed by atoms with Crippen molar-refractivity contribution in [3.05, 3.63) is 51.6 Å². The van der Waals surface area contributed by atoms with Crippen molar-refractivity contribution < 1.29 is 4.42 Å². The monoisotopic (exact) mass is 392 g/mol. The van der Waals surface area contributed by atoms with Gasteiger partial charge in [-0.25, -0.2) is 4.98 Å². The molecular weight excluding hydrogens is 368 g/mol. The molecule has 0 saturated carbocycles. The number of rotatable bonds is 5. The Balaban J connectivity index is 1.94. The predicted molar refractivity (Wildman–Crippen MR) is 101 cm³/mol. The zero-order chi connectivity index (χ0) is 17.7. The van der Waals surface area contributed by atoms with Crippen LogP contribution in [-0.4, -0.2) is 24.5 Å². The number of nitrogens with zero attached hydrogens (tertiary/aromatic N) is 2. The number of halogens is 1. The van der Waals surface area contributed by atoms with Crippen molar-refractivity contribution in [1.82, 2.24) is 15.6 Å². The zero-order valence-corrected chi connectivity index (χ0v) is 16.5. The average Bonchev–Trinajstić information content (AvgIpc) is 2.86. The summed E-state index contributed by atoms with van der Waals surface area (Å²) in [6.07, 6.45) is 0. The Kier molecular flexibility index (Phi) is 6.04. The van der Waals surface area contributed by atoms with Crippen LogP contribution in [0.2, 0.25) is 0 Å². The predicted octanol–water partition coefficient (Wildman–Crippen LogP) is 3.70. The van der Waals surface area contributed by atoms with Crippen LogP contribution in [-0.2, 0) is 12.0 Å². The summed E-state index contributed by atoms with van der Waals surface area (Å²) in [5, 5.41) is 6.61. The van der Waals surface area contributed by atoms with Crippen molar-refractivity contribution >= 4 is 21.9 Å². The first-order chi connectivity index (χ1) is 11.3. The molecular formula is C18H25BrN4O. The average molecular weight is 393 g/mol. The quantitative estimate of drug-likeness (QED) is 0.601. The number of benzene rings is 1. The fraction of sp³-hybridized carbons (Fsp3) is 0.444. The summed E-state index contributed by atoms with van der Waals surface area (Å²) >= 11 is 3.63. The highest BCUT2D eigenvalue weighted by atomic mass is 79.9. The third-order valence-electron chi connectivity index (χ3n) is 4.00. The smallest absolute Gasteiger partial charge is 0.214 e. The van der Waals surface area contributed by atoms with E-state index in [0.29, 0.717) is 12.4 Å². The molecule has 1 heterocycles. The lowest BCUT2D eigenvalue weighted by atomic mass is 9.84. The second-order valence-electron chi connectivity index (χ2n) is 6.39. The highest BCUT2D eigenvalue weighted by Crippen LogP contribution is 2.29. The van der Waals surface area contributed by atoms with Crippen LogP contribution in [0.3, 0.4) is 0 Å². The molecule has 0 fully saturated rings. The van der Waals surface area contributed by atoms with Crippen molar-refractivity contribution in [3.8, 4) is 0 Å². The Morgan fingerprint density at radius 1 is 1.25 bits per heavy atom. The molecule has 0 bridgehead atoms. The molecule has 24 heavy (non-hydrogen) atoms. The summed E-state index contributed by atoms with van der Waals surface area (Å²) in [6.45, 7) is 9.51. The third kappa shape index (κ3) is 4.60. The van der Waals surface area contributed by atoms with Crippen LogP contribution < -0.4 is 10.6 Å². The number of guanidine groups is 1. The maximum absolute atomic E-state index is 5.58. The molecule has 0 aliphatic carbocycles. The van der Waals surface area contributed by atoms with Crippen molar-refractivity contribution in [1.29, 1.82) is 0 Å². The molecule has 0 aliphatic rings. The Morgan fingerprint density at radius 2 is 1.96 bits per heavy atom. The second-order valence-corrected chi connectivity index (χ2v) is 7.25. The molecule has 0 amide bonds. The normalized spacial score (nSPS) is 12.3. The molecule has 130 valence electrons. The van der Waals surface area contributed by atoms with Gasteiger partial charge >= 0.3 is 0 Å². The van der Waals surface area contributed by atoms with E-state index in [1.165, 1.54) is 5.56 Å². The molecule has 6 heteroatoms. The molecule has 0 unspecified atom stereocenters. The molecule has 2 N–H and O–H groups in total. The summed E-state index contributed by atoms with van der Waals surface area (Å²) in [6, 6.07) is 8.29. The van der Waals surface area contributed by atoms with Crippen LogP contribution in [0.5, 0.6) is 0 Å². The van der Waals surface area contributed by atoms with Crippen LogP contribution >= 0.6 is 15.9 Å². The zero-order valence-electron chi connectivity index (χ0n) is 14.9. The molecule has 0 atom stereocenters. The topological polar surface area (TPSA) is 62.5 Å². The van der Waals surface area contributed by atoms with Crippen LogP contribution in [0.1, 0.15) is 36.8 Å². The maximum atomic E-state index is 5.58. The SMILES string of the molecule is CN=C(NCc1nc(C)c(C)o1)NCC(C)(C)c1ccccc1Br. The van der Waals surface area contributed by atoms with Gasteiger partial charge in [-0.15, -0.1) is 0 Å². The van der Waals surface area contributed by atoms with Gasteiger partial charge in [0.05, 0.1) is 12.2 Å². The molecule has 5 nitrogen and oxygen atoms in total. The molecule has 1 aromatic carbocycles. The second kappa shape index (κ2) is 7.83. The van der Waals surface area contributed by atoms with E-state index in [0.717, 1.165) is 28.4 Å². The van der Waals surface area contributed by atoms with Gasteiger partial charge in [0.1, 0.15) is 5.76 Å². The molecule has 2 aromatic rings. The van der Waals surface area contributed by atoms with Gasteiger partial charge in [0.2, 0.25) is 5.89 Å². The first kappa shape index (κ1) is 18.5. The summed E-state index contributed by atoms with van der Waals surface area (Å²) in [5.74, 6) is 2.24. The molecule has 0 aliphatic heterocycles. The van der Waals surface area contributed by atoms with Crippen LogP contribution in [0.4, 0.5) is 0 Å². The fourth-order valence-electron chi connectivity index (χ4n) is 2.40. The molecule has 0 radical (unpaired) electrons. The third-order valence-corrected chi connectivity index (χ3v) is 4.70. The van der Waals surface area contributed by atoms with E-state index >= 15 is 0 Å². The van der Waals surface area contributed by atoms with Crippen molar-refractivity contribution in [3.63, 3.8) is 0 Å². The van der Waals surface area contributed by atoms with Gasteiger partial charge in [0.15, 0.2) is 5.96 Å². The number of hydrogen-bond donors (Lipinski definition) is 2. The number of aryl methyl sites for hydroxylation is 2. The van der Waals surface area contributed by atoms with Crippen molar-refractivity contribution in [2.45, 2.75) is 39.7 Å². The number of aromatic nitrogens is 1. The summed E-state index contributed by atoms with van der Waals surface area (Å²) in [7, 11) is 1.76. The minimum Gasteiger partial charge on any atom is -0.444 e. The van der Waals surface area contributed by atoms with Gasteiger partial charge in [-0.2, -0.15) is 0 Å². The van der Waals surface area contributed by atoms with Gasteiger partial charge in [0.25, 0.3) is 0 Å². The molecule has 0 saturated heterocycles. The number of aliphatic imine (C=N–C) groups is 1. The van der Waals surface area contributed by atoms with Crippen molar-refractivity contribution in [2.75, 3.05) is 13.6 Å². The standard InChI is InChI=1S/C18H25BrN4O/c1-12-13(2)24-16(23-12)10-21-17(20-5)22-11-18(3,4)14-8-6-7-9-15(14)19/h6-9H,10-11H2,1-5H3,(H2,20,21,22). The van der Waals surface area contributed by atoms with E-state index in [9.17, 15) is 0 Å². The number of nitrogens with one attached hydrogen (secondary N) is 2. The first-order valence-electron chi connectivity index (χ1n) is 7.96. The minimum atomic E-state index is -0.0478. The Bertz CT molecular complexity index is 702. The van der Waals surface area contributed by atoms with E-state index in [1.807, 2.05) is 19.9 Å². The first-order valence-corrected chi connectivity index (χ1v) is 8.75. The van der Waals surface area contributed by atoms with Crippen molar-refractivity contribution in [2.24, 2.45) is 4.99 Å². The summed E-state index contributed by atoms with van der Waals surface area (Å²) < 4.78 is 6.69. The van der Waals surface area contributed by atoms with Crippen LogP contribution in [0.25, 0.3) is 0 Å². The number of hydrogen-bond acceptors (Lipinski definition) is 3. The highest BCUT2D eigenvalue weighted by molar-refractivity contribution is 9.10. The highest BCUT2D eigenvalue weighted by Gasteiger charge is 2.23. The summed E-state index contributed by atoms with van der Waals surface area (Å²) in [4.78, 5) is 8.63. The van der Waals surface area contributed by atoms with Gasteiger partial charge in [0, 0.05) is 23.5 Å². The van der Waals surface area contributed by atoms with E-state index in [-0.39, 0.29) is 5.41 Å². The van der Waals surface area contributed by atoms with Gasteiger partial charge in [-0.05, 0) is 25.5 Å². The van der Waals surface area contributed by atoms with Crippen LogP contribution in [0, 0.1) is 13.8 Å². The maximum Gasteiger partial charge on any atom is 0.214 e. The molecule has 0 spiro atoms. The Morgan fingerprint density at radius 3 is 2.54 bits per heavy atom. The minimum absolute atomic E-state index is 0.0478. The van der Waals surface area contributed by atoms with Gasteiger partial charge in [-0.3, -0.25) is 4.99 Å². The lowest BCUT2D eigenvalue weighted by molar-refractivity contribution is 0.461. The van der Waals surface area contributed by atoms with E-state index in [1.54, 1.807) is 7.05 Å². The number of oxazole rings is 1.